The van der Waals surface area contributed by atoms with Crippen LogP contribution in [0.1, 0.15) is 29.3 Å². The van der Waals surface area contributed by atoms with Gasteiger partial charge in [0.2, 0.25) is 18.4 Å². The largest absolute Gasteiger partial charge is 0.492 e. The lowest BCUT2D eigenvalue weighted by atomic mass is 9.89. The van der Waals surface area contributed by atoms with Gasteiger partial charge in [-0.1, -0.05) is 0 Å². The number of rotatable bonds is 5. The van der Waals surface area contributed by atoms with Gasteiger partial charge in [0.25, 0.3) is 0 Å². The zero-order valence-electron chi connectivity index (χ0n) is 15.2. The Morgan fingerprint density at radius 1 is 1.41 bits per heavy atom. The van der Waals surface area contributed by atoms with Gasteiger partial charge < -0.3 is 23.9 Å². The SMILES string of the molecule is COc1c2c(c(Br)c3c1C(CC(=O)NCc1ccco1)N(C)CC3)OCO2. The highest BCUT2D eigenvalue weighted by atomic mass is 79.9. The van der Waals surface area contributed by atoms with Crippen molar-refractivity contribution in [3.63, 3.8) is 0 Å². The van der Waals surface area contributed by atoms with Gasteiger partial charge in [-0.25, -0.2) is 0 Å². The van der Waals surface area contributed by atoms with Crippen molar-refractivity contribution < 1.29 is 23.4 Å². The highest BCUT2D eigenvalue weighted by molar-refractivity contribution is 9.10. The number of hydrogen-bond acceptors (Lipinski definition) is 6. The first-order valence-corrected chi connectivity index (χ1v) is 9.56. The highest BCUT2D eigenvalue weighted by Crippen LogP contribution is 2.54. The van der Waals surface area contributed by atoms with Crippen molar-refractivity contribution in [1.82, 2.24) is 10.2 Å². The maximum atomic E-state index is 12.6. The van der Waals surface area contributed by atoms with E-state index >= 15 is 0 Å². The Hall–Kier alpha value is -2.19. The molecule has 0 spiro atoms. The molecule has 2 aliphatic heterocycles. The second-order valence-corrected chi connectivity index (χ2v) is 7.40. The standard InChI is InChI=1S/C19H21BrN2O5/c1-22-6-5-12-15(17(24-2)19-18(16(12)20)26-10-27-19)13(22)8-14(23)21-9-11-4-3-7-25-11/h3-4,7,13H,5-6,8-10H2,1-2H3,(H,21,23). The minimum Gasteiger partial charge on any atom is -0.492 e. The van der Waals surface area contributed by atoms with E-state index in [0.717, 1.165) is 34.3 Å². The van der Waals surface area contributed by atoms with Crippen LogP contribution in [-0.2, 0) is 17.8 Å². The number of nitrogens with zero attached hydrogens (tertiary/aromatic N) is 1. The summed E-state index contributed by atoms with van der Waals surface area (Å²) in [5.74, 6) is 2.60. The molecule has 0 fully saturated rings. The molecular weight excluding hydrogens is 416 g/mol. The third-order valence-corrected chi connectivity index (χ3v) is 5.89. The lowest BCUT2D eigenvalue weighted by molar-refractivity contribution is -0.122. The van der Waals surface area contributed by atoms with Crippen molar-refractivity contribution in [3.8, 4) is 17.2 Å². The van der Waals surface area contributed by atoms with Crippen molar-refractivity contribution in [3.05, 3.63) is 39.8 Å². The number of hydrogen-bond donors (Lipinski definition) is 1. The molecule has 1 atom stereocenters. The highest BCUT2D eigenvalue weighted by Gasteiger charge is 2.37. The number of halogens is 1. The van der Waals surface area contributed by atoms with Crippen molar-refractivity contribution in [2.24, 2.45) is 0 Å². The van der Waals surface area contributed by atoms with Gasteiger partial charge in [-0.3, -0.25) is 9.69 Å². The van der Waals surface area contributed by atoms with Crippen molar-refractivity contribution in [1.29, 1.82) is 0 Å². The van der Waals surface area contributed by atoms with Crippen LogP contribution in [-0.4, -0.2) is 38.3 Å². The predicted molar refractivity (Wildman–Crippen MR) is 101 cm³/mol. The number of furan rings is 1. The number of carbonyl (C=O) groups is 1. The van der Waals surface area contributed by atoms with E-state index in [9.17, 15) is 4.79 Å². The molecule has 0 aliphatic carbocycles. The Labute approximate surface area is 165 Å². The Morgan fingerprint density at radius 3 is 2.96 bits per heavy atom. The number of ether oxygens (including phenoxy) is 3. The Kier molecular flexibility index (Phi) is 5.01. The molecule has 4 rings (SSSR count). The summed E-state index contributed by atoms with van der Waals surface area (Å²) in [4.78, 5) is 14.8. The van der Waals surface area contributed by atoms with Gasteiger partial charge >= 0.3 is 0 Å². The second kappa shape index (κ2) is 7.44. The summed E-state index contributed by atoms with van der Waals surface area (Å²) in [6.45, 7) is 1.37. The van der Waals surface area contributed by atoms with Crippen LogP contribution < -0.4 is 19.5 Å². The molecular formula is C19H21BrN2O5. The lowest BCUT2D eigenvalue weighted by Crippen LogP contribution is -2.36. The van der Waals surface area contributed by atoms with Crippen molar-refractivity contribution in [2.45, 2.75) is 25.4 Å². The zero-order valence-corrected chi connectivity index (χ0v) is 16.8. The molecule has 0 saturated carbocycles. The second-order valence-electron chi connectivity index (χ2n) is 6.61. The molecule has 144 valence electrons. The van der Waals surface area contributed by atoms with Crippen molar-refractivity contribution in [2.75, 3.05) is 27.5 Å². The molecule has 8 heteroatoms. The average Bonchev–Trinajstić information content (AvgIpc) is 3.34. The number of fused-ring (bicyclic) bond motifs is 2. The van der Waals surface area contributed by atoms with Gasteiger partial charge in [-0.15, -0.1) is 0 Å². The average molecular weight is 437 g/mol. The maximum absolute atomic E-state index is 12.6. The van der Waals surface area contributed by atoms with Crippen LogP contribution in [0.5, 0.6) is 17.2 Å². The smallest absolute Gasteiger partial charge is 0.231 e. The molecule has 0 bridgehead atoms. The molecule has 7 nitrogen and oxygen atoms in total. The fourth-order valence-electron chi connectivity index (χ4n) is 3.69. The Bertz CT molecular complexity index is 853. The summed E-state index contributed by atoms with van der Waals surface area (Å²) in [6, 6.07) is 3.52. The molecule has 1 unspecified atom stereocenters. The number of amides is 1. The van der Waals surface area contributed by atoms with Crippen LogP contribution in [0.4, 0.5) is 0 Å². The minimum atomic E-state index is -0.119. The molecule has 1 amide bonds. The van der Waals surface area contributed by atoms with Gasteiger partial charge in [0, 0.05) is 24.6 Å². The van der Waals surface area contributed by atoms with Crippen LogP contribution in [0.25, 0.3) is 0 Å². The summed E-state index contributed by atoms with van der Waals surface area (Å²) in [5.41, 5.74) is 2.09. The molecule has 3 heterocycles. The van der Waals surface area contributed by atoms with Crippen LogP contribution in [0, 0.1) is 0 Å². The van der Waals surface area contributed by atoms with E-state index in [2.05, 4.69) is 26.1 Å². The number of nitrogens with one attached hydrogen (secondary N) is 1. The third kappa shape index (κ3) is 3.27. The van der Waals surface area contributed by atoms with Gasteiger partial charge in [0.1, 0.15) is 5.76 Å². The van der Waals surface area contributed by atoms with Crippen LogP contribution in [0.15, 0.2) is 27.3 Å². The van der Waals surface area contributed by atoms with E-state index in [4.69, 9.17) is 18.6 Å². The quantitative estimate of drug-likeness (QED) is 0.776. The molecule has 27 heavy (non-hydrogen) atoms. The molecule has 0 saturated heterocycles. The van der Waals surface area contributed by atoms with Crippen molar-refractivity contribution >= 4 is 21.8 Å². The zero-order chi connectivity index (χ0) is 19.0. The van der Waals surface area contributed by atoms with E-state index in [1.54, 1.807) is 19.4 Å². The first kappa shape index (κ1) is 18.2. The fourth-order valence-corrected chi connectivity index (χ4v) is 4.40. The third-order valence-electron chi connectivity index (χ3n) is 5.06. The summed E-state index contributed by atoms with van der Waals surface area (Å²) in [7, 11) is 3.64. The number of carbonyl (C=O) groups excluding carboxylic acids is 1. The van der Waals surface area contributed by atoms with Gasteiger partial charge in [-0.05, 0) is 47.1 Å². The lowest BCUT2D eigenvalue weighted by Gasteiger charge is -2.36. The molecule has 2 aliphatic rings. The van der Waals surface area contributed by atoms with Gasteiger partial charge in [0.05, 0.1) is 24.4 Å². The molecule has 1 aromatic carbocycles. The van der Waals surface area contributed by atoms with Crippen LogP contribution in [0.2, 0.25) is 0 Å². The van der Waals surface area contributed by atoms with Crippen LogP contribution >= 0.6 is 15.9 Å². The molecule has 2 aromatic rings. The van der Waals surface area contributed by atoms with Gasteiger partial charge in [0.15, 0.2) is 11.5 Å². The Balaban J connectivity index is 1.63. The molecule has 1 N–H and O–H groups in total. The van der Waals surface area contributed by atoms with E-state index in [-0.39, 0.29) is 18.7 Å². The van der Waals surface area contributed by atoms with E-state index < -0.39 is 0 Å². The number of benzene rings is 1. The normalized spacial score (nSPS) is 18.3. The van der Waals surface area contributed by atoms with Gasteiger partial charge in [-0.2, -0.15) is 0 Å². The summed E-state index contributed by atoms with van der Waals surface area (Å²) < 4.78 is 23.1. The molecule has 0 radical (unpaired) electrons. The Morgan fingerprint density at radius 2 is 2.22 bits per heavy atom. The first-order chi connectivity index (χ1) is 13.1. The van der Waals surface area contributed by atoms with Crippen LogP contribution in [0.3, 0.4) is 0 Å². The summed E-state index contributed by atoms with van der Waals surface area (Å²) in [5, 5.41) is 2.92. The van der Waals surface area contributed by atoms with E-state index in [0.29, 0.717) is 30.2 Å². The number of likely N-dealkylation sites (N-methyl/N-ethyl adjacent to an activating group) is 1. The number of methoxy groups -OCH3 is 1. The minimum absolute atomic E-state index is 0.0491. The van der Waals surface area contributed by atoms with E-state index in [1.807, 2.05) is 13.1 Å². The predicted octanol–water partition coefficient (Wildman–Crippen LogP) is 3.01. The monoisotopic (exact) mass is 436 g/mol. The fraction of sp³-hybridized carbons (Fsp3) is 0.421. The molecule has 1 aromatic heterocycles. The topological polar surface area (TPSA) is 73.2 Å². The first-order valence-electron chi connectivity index (χ1n) is 8.77. The maximum Gasteiger partial charge on any atom is 0.231 e. The summed E-state index contributed by atoms with van der Waals surface area (Å²) in [6.07, 6.45) is 2.74. The summed E-state index contributed by atoms with van der Waals surface area (Å²) >= 11 is 3.66. The van der Waals surface area contributed by atoms with E-state index in [1.165, 1.54) is 0 Å².